The van der Waals surface area contributed by atoms with Gasteiger partial charge in [0, 0.05) is 23.5 Å². The SMILES string of the molecule is CCOc1cc(C(=O)NNc2nc(-c3ccncc3)no2)ccc1OC(F)F. The first-order chi connectivity index (χ1) is 13.6. The van der Waals surface area contributed by atoms with Gasteiger partial charge in [-0.1, -0.05) is 5.16 Å². The van der Waals surface area contributed by atoms with Crippen LogP contribution in [0.5, 0.6) is 11.5 Å². The van der Waals surface area contributed by atoms with E-state index in [2.05, 4.69) is 30.7 Å². The molecule has 2 aromatic heterocycles. The van der Waals surface area contributed by atoms with Gasteiger partial charge in [0.15, 0.2) is 11.5 Å². The molecule has 0 aliphatic carbocycles. The van der Waals surface area contributed by atoms with E-state index in [-0.39, 0.29) is 29.7 Å². The molecule has 1 amide bonds. The first-order valence-electron chi connectivity index (χ1n) is 8.09. The number of halogens is 2. The number of carbonyl (C=O) groups excluding carboxylic acids is 1. The fraction of sp³-hybridized carbons (Fsp3) is 0.176. The van der Waals surface area contributed by atoms with Crippen LogP contribution in [0.3, 0.4) is 0 Å². The van der Waals surface area contributed by atoms with Crippen LogP contribution >= 0.6 is 0 Å². The monoisotopic (exact) mass is 391 g/mol. The van der Waals surface area contributed by atoms with Crippen molar-refractivity contribution in [3.05, 3.63) is 48.3 Å². The molecule has 28 heavy (non-hydrogen) atoms. The highest BCUT2D eigenvalue weighted by Gasteiger charge is 2.15. The Morgan fingerprint density at radius 1 is 1.21 bits per heavy atom. The van der Waals surface area contributed by atoms with Crippen molar-refractivity contribution in [2.75, 3.05) is 12.0 Å². The van der Waals surface area contributed by atoms with Crippen molar-refractivity contribution in [2.45, 2.75) is 13.5 Å². The van der Waals surface area contributed by atoms with E-state index in [9.17, 15) is 13.6 Å². The third-order valence-electron chi connectivity index (χ3n) is 3.37. The Kier molecular flexibility index (Phi) is 5.94. The molecule has 2 N–H and O–H groups in total. The Morgan fingerprint density at radius 3 is 2.71 bits per heavy atom. The molecule has 0 aliphatic rings. The van der Waals surface area contributed by atoms with Gasteiger partial charge < -0.3 is 14.0 Å². The van der Waals surface area contributed by atoms with Gasteiger partial charge in [0.25, 0.3) is 5.91 Å². The fourth-order valence-electron chi connectivity index (χ4n) is 2.19. The van der Waals surface area contributed by atoms with E-state index < -0.39 is 12.5 Å². The number of carbonyl (C=O) groups is 1. The third-order valence-corrected chi connectivity index (χ3v) is 3.37. The number of amides is 1. The molecule has 3 rings (SSSR count). The Labute approximate surface area is 157 Å². The molecular formula is C17H15F2N5O4. The summed E-state index contributed by atoms with van der Waals surface area (Å²) in [7, 11) is 0. The molecule has 9 nitrogen and oxygen atoms in total. The molecule has 0 atom stereocenters. The van der Waals surface area contributed by atoms with Crippen molar-refractivity contribution in [1.29, 1.82) is 0 Å². The molecule has 0 saturated carbocycles. The first kappa shape index (κ1) is 19.0. The smallest absolute Gasteiger partial charge is 0.387 e. The van der Waals surface area contributed by atoms with Gasteiger partial charge in [0.05, 0.1) is 6.61 Å². The number of nitrogens with one attached hydrogen (secondary N) is 2. The second kappa shape index (κ2) is 8.75. The lowest BCUT2D eigenvalue weighted by atomic mass is 10.2. The number of ether oxygens (including phenoxy) is 2. The van der Waals surface area contributed by atoms with Crippen LogP contribution < -0.4 is 20.3 Å². The van der Waals surface area contributed by atoms with Gasteiger partial charge in [-0.15, -0.1) is 0 Å². The van der Waals surface area contributed by atoms with E-state index in [4.69, 9.17) is 9.26 Å². The second-order valence-electron chi connectivity index (χ2n) is 5.21. The van der Waals surface area contributed by atoms with Crippen LogP contribution in [0.2, 0.25) is 0 Å². The van der Waals surface area contributed by atoms with Crippen molar-refractivity contribution in [3.63, 3.8) is 0 Å². The maximum atomic E-state index is 12.4. The fourth-order valence-corrected chi connectivity index (χ4v) is 2.19. The zero-order valence-corrected chi connectivity index (χ0v) is 14.6. The lowest BCUT2D eigenvalue weighted by Crippen LogP contribution is -2.29. The summed E-state index contributed by atoms with van der Waals surface area (Å²) in [5.41, 5.74) is 5.69. The molecule has 0 radical (unpaired) electrons. The maximum Gasteiger partial charge on any atom is 0.387 e. The van der Waals surface area contributed by atoms with Crippen LogP contribution in [0.15, 0.2) is 47.2 Å². The summed E-state index contributed by atoms with van der Waals surface area (Å²) in [5.74, 6) is -0.409. The normalized spacial score (nSPS) is 10.6. The Hall–Kier alpha value is -3.76. The summed E-state index contributed by atoms with van der Waals surface area (Å²) in [5, 5.41) is 3.78. The standard InChI is InChI=1S/C17H15F2N5O4/c1-2-26-13-9-11(3-4-12(13)27-16(18)19)15(25)22-23-17-21-14(24-28-17)10-5-7-20-8-6-10/h3-9,16H,2H2,1H3,(H,22,25)(H,21,23,24). The molecule has 2 heterocycles. The number of aromatic nitrogens is 3. The van der Waals surface area contributed by atoms with Crippen molar-refractivity contribution in [3.8, 4) is 22.9 Å². The predicted molar refractivity (Wildman–Crippen MR) is 92.9 cm³/mol. The number of anilines is 1. The minimum Gasteiger partial charge on any atom is -0.490 e. The number of benzene rings is 1. The number of rotatable bonds is 8. The summed E-state index contributed by atoms with van der Waals surface area (Å²) in [6.07, 6.45) is 3.16. The van der Waals surface area contributed by atoms with Crippen LogP contribution in [0, 0.1) is 0 Å². The Morgan fingerprint density at radius 2 is 2.00 bits per heavy atom. The second-order valence-corrected chi connectivity index (χ2v) is 5.21. The lowest BCUT2D eigenvalue weighted by molar-refractivity contribution is -0.0514. The van der Waals surface area contributed by atoms with Gasteiger partial charge in [0.1, 0.15) is 0 Å². The van der Waals surface area contributed by atoms with Crippen molar-refractivity contribution in [1.82, 2.24) is 20.6 Å². The van der Waals surface area contributed by atoms with E-state index in [1.807, 2.05) is 0 Å². The van der Waals surface area contributed by atoms with Gasteiger partial charge in [-0.3, -0.25) is 15.2 Å². The summed E-state index contributed by atoms with van der Waals surface area (Å²) in [4.78, 5) is 20.2. The van der Waals surface area contributed by atoms with Crippen molar-refractivity contribution < 1.29 is 27.6 Å². The average molecular weight is 391 g/mol. The van der Waals surface area contributed by atoms with E-state index in [0.717, 1.165) is 0 Å². The summed E-state index contributed by atoms with van der Waals surface area (Å²) in [6, 6.07) is 7.18. The molecule has 1 aromatic carbocycles. The van der Waals surface area contributed by atoms with Crippen LogP contribution in [0.25, 0.3) is 11.4 Å². The van der Waals surface area contributed by atoms with Crippen LogP contribution in [0.1, 0.15) is 17.3 Å². The average Bonchev–Trinajstić information content (AvgIpc) is 3.17. The molecule has 0 unspecified atom stereocenters. The highest BCUT2D eigenvalue weighted by molar-refractivity contribution is 5.95. The molecule has 11 heteroatoms. The minimum absolute atomic E-state index is 0.0215. The highest BCUT2D eigenvalue weighted by atomic mass is 19.3. The molecule has 0 saturated heterocycles. The number of hydrogen-bond donors (Lipinski definition) is 2. The summed E-state index contributed by atoms with van der Waals surface area (Å²) < 4.78 is 39.5. The zero-order chi connectivity index (χ0) is 19.9. The van der Waals surface area contributed by atoms with Crippen LogP contribution in [0.4, 0.5) is 14.8 Å². The quantitative estimate of drug-likeness (QED) is 0.564. The minimum atomic E-state index is -3.01. The van der Waals surface area contributed by atoms with Crippen molar-refractivity contribution >= 4 is 11.9 Å². The third kappa shape index (κ3) is 4.69. The highest BCUT2D eigenvalue weighted by Crippen LogP contribution is 2.29. The van der Waals surface area contributed by atoms with Gasteiger partial charge >= 0.3 is 12.6 Å². The molecule has 0 bridgehead atoms. The molecule has 0 spiro atoms. The number of pyridine rings is 1. The molecule has 0 aliphatic heterocycles. The number of hydrazine groups is 1. The van der Waals surface area contributed by atoms with Gasteiger partial charge in [-0.25, -0.2) is 5.43 Å². The Balaban J connectivity index is 1.66. The predicted octanol–water partition coefficient (Wildman–Crippen LogP) is 2.89. The first-order valence-corrected chi connectivity index (χ1v) is 8.09. The number of hydrogen-bond acceptors (Lipinski definition) is 8. The van der Waals surface area contributed by atoms with E-state index in [1.165, 1.54) is 18.2 Å². The van der Waals surface area contributed by atoms with Crippen LogP contribution in [-0.2, 0) is 0 Å². The number of nitrogens with zero attached hydrogens (tertiary/aromatic N) is 3. The number of alkyl halides is 2. The lowest BCUT2D eigenvalue weighted by Gasteiger charge is -2.12. The van der Waals surface area contributed by atoms with Gasteiger partial charge in [-0.2, -0.15) is 13.8 Å². The van der Waals surface area contributed by atoms with Crippen LogP contribution in [-0.4, -0.2) is 34.3 Å². The maximum absolute atomic E-state index is 12.4. The Bertz CT molecular complexity index is 936. The molecule has 146 valence electrons. The van der Waals surface area contributed by atoms with E-state index in [1.54, 1.807) is 31.5 Å². The summed E-state index contributed by atoms with van der Waals surface area (Å²) in [6.45, 7) is -1.12. The van der Waals surface area contributed by atoms with Crippen molar-refractivity contribution in [2.24, 2.45) is 0 Å². The molecular weight excluding hydrogens is 376 g/mol. The van der Waals surface area contributed by atoms with E-state index >= 15 is 0 Å². The zero-order valence-electron chi connectivity index (χ0n) is 14.6. The van der Waals surface area contributed by atoms with Gasteiger partial charge in [0.2, 0.25) is 5.82 Å². The molecule has 0 fully saturated rings. The van der Waals surface area contributed by atoms with Gasteiger partial charge in [-0.05, 0) is 37.3 Å². The largest absolute Gasteiger partial charge is 0.490 e. The van der Waals surface area contributed by atoms with E-state index in [0.29, 0.717) is 11.4 Å². The summed E-state index contributed by atoms with van der Waals surface area (Å²) >= 11 is 0. The topological polar surface area (TPSA) is 111 Å². The molecule has 3 aromatic rings.